The second-order valence-electron chi connectivity index (χ2n) is 4.85. The van der Waals surface area contributed by atoms with E-state index in [-0.39, 0.29) is 12.0 Å². The Morgan fingerprint density at radius 1 is 1.38 bits per heavy atom. The molecule has 0 aromatic heterocycles. The lowest BCUT2D eigenvalue weighted by Gasteiger charge is -2.38. The average Bonchev–Trinajstić information content (AvgIpc) is 2.30. The van der Waals surface area contributed by atoms with Crippen molar-refractivity contribution in [3.8, 4) is 0 Å². The lowest BCUT2D eigenvalue weighted by atomic mass is 9.80. The van der Waals surface area contributed by atoms with Crippen LogP contribution in [0.1, 0.15) is 19.3 Å². The van der Waals surface area contributed by atoms with Crippen molar-refractivity contribution in [3.05, 3.63) is 0 Å². The van der Waals surface area contributed by atoms with Gasteiger partial charge >= 0.3 is 0 Å². The van der Waals surface area contributed by atoms with Crippen LogP contribution < -0.4 is 0 Å². The third-order valence-corrected chi connectivity index (χ3v) is 3.38. The van der Waals surface area contributed by atoms with Gasteiger partial charge in [0.1, 0.15) is 0 Å². The molecule has 1 saturated heterocycles. The molecule has 96 valence electrons. The first-order valence-electron chi connectivity index (χ1n) is 6.08. The van der Waals surface area contributed by atoms with Crippen LogP contribution in [-0.2, 0) is 9.47 Å². The molecule has 1 aliphatic heterocycles. The molecule has 0 amide bonds. The van der Waals surface area contributed by atoms with Gasteiger partial charge in [-0.15, -0.1) is 0 Å². The van der Waals surface area contributed by atoms with Crippen molar-refractivity contribution in [2.45, 2.75) is 19.3 Å². The molecule has 1 N–H and O–H groups in total. The maximum Gasteiger partial charge on any atom is 0.0501 e. The Kier molecular flexibility index (Phi) is 6.28. The number of hydrogen-bond donors (Lipinski definition) is 1. The summed E-state index contributed by atoms with van der Waals surface area (Å²) in [6, 6.07) is 0. The Morgan fingerprint density at radius 3 is 2.62 bits per heavy atom. The molecular formula is C12H25NO3. The van der Waals surface area contributed by atoms with Gasteiger partial charge in [0.25, 0.3) is 0 Å². The summed E-state index contributed by atoms with van der Waals surface area (Å²) < 4.78 is 10.4. The van der Waals surface area contributed by atoms with E-state index < -0.39 is 0 Å². The van der Waals surface area contributed by atoms with Crippen molar-refractivity contribution in [2.24, 2.45) is 5.41 Å². The molecule has 4 nitrogen and oxygen atoms in total. The lowest BCUT2D eigenvalue weighted by molar-refractivity contribution is -0.0314. The van der Waals surface area contributed by atoms with Crippen LogP contribution in [0, 0.1) is 5.41 Å². The Hall–Kier alpha value is -0.160. The zero-order valence-corrected chi connectivity index (χ0v) is 10.6. The van der Waals surface area contributed by atoms with Crippen molar-refractivity contribution in [1.29, 1.82) is 0 Å². The van der Waals surface area contributed by atoms with Crippen molar-refractivity contribution in [3.63, 3.8) is 0 Å². The van der Waals surface area contributed by atoms with Crippen LogP contribution in [0.4, 0.5) is 0 Å². The molecule has 0 atom stereocenters. The van der Waals surface area contributed by atoms with E-state index in [9.17, 15) is 5.11 Å². The molecule has 0 unspecified atom stereocenters. The molecule has 0 saturated carbocycles. The summed E-state index contributed by atoms with van der Waals surface area (Å²) in [7, 11) is 3.84. The minimum atomic E-state index is 0.0556. The number of ether oxygens (including phenoxy) is 2. The minimum Gasteiger partial charge on any atom is -0.396 e. The molecule has 4 heteroatoms. The van der Waals surface area contributed by atoms with E-state index in [1.165, 1.54) is 0 Å². The van der Waals surface area contributed by atoms with Crippen LogP contribution in [0.25, 0.3) is 0 Å². The highest BCUT2D eigenvalue weighted by molar-refractivity contribution is 4.83. The van der Waals surface area contributed by atoms with E-state index in [4.69, 9.17) is 9.47 Å². The summed E-state index contributed by atoms with van der Waals surface area (Å²) in [6.07, 6.45) is 2.99. The predicted molar refractivity (Wildman–Crippen MR) is 63.6 cm³/mol. The Morgan fingerprint density at radius 2 is 2.06 bits per heavy atom. The SMILES string of the molecule is COCCCN(C)CC1(CO)CCOCC1. The van der Waals surface area contributed by atoms with Gasteiger partial charge in [0.2, 0.25) is 0 Å². The molecule has 1 aliphatic rings. The van der Waals surface area contributed by atoms with E-state index in [0.29, 0.717) is 0 Å². The summed E-state index contributed by atoms with van der Waals surface area (Å²) >= 11 is 0. The fraction of sp³-hybridized carbons (Fsp3) is 1.00. The Balaban J connectivity index is 2.30. The molecule has 0 bridgehead atoms. The van der Waals surface area contributed by atoms with Crippen molar-refractivity contribution >= 4 is 0 Å². The van der Waals surface area contributed by atoms with E-state index in [1.54, 1.807) is 7.11 Å². The van der Waals surface area contributed by atoms with E-state index in [0.717, 1.165) is 52.2 Å². The molecule has 0 aromatic carbocycles. The summed E-state index contributed by atoms with van der Waals surface area (Å²) in [6.45, 7) is 4.62. The fourth-order valence-electron chi connectivity index (χ4n) is 2.30. The molecule has 16 heavy (non-hydrogen) atoms. The van der Waals surface area contributed by atoms with Crippen molar-refractivity contribution in [1.82, 2.24) is 4.90 Å². The van der Waals surface area contributed by atoms with E-state index >= 15 is 0 Å². The summed E-state index contributed by atoms with van der Waals surface area (Å²) in [4.78, 5) is 2.29. The maximum absolute atomic E-state index is 9.56. The van der Waals surface area contributed by atoms with Crippen molar-refractivity contribution in [2.75, 3.05) is 53.7 Å². The highest BCUT2D eigenvalue weighted by atomic mass is 16.5. The van der Waals surface area contributed by atoms with Crippen LogP contribution in [0.3, 0.4) is 0 Å². The third kappa shape index (κ3) is 4.37. The van der Waals surface area contributed by atoms with Gasteiger partial charge in [-0.1, -0.05) is 0 Å². The summed E-state index contributed by atoms with van der Waals surface area (Å²) in [5.41, 5.74) is 0.0556. The summed E-state index contributed by atoms with van der Waals surface area (Å²) in [5.74, 6) is 0. The Labute approximate surface area is 98.5 Å². The first-order valence-corrected chi connectivity index (χ1v) is 6.08. The molecule has 0 aromatic rings. The summed E-state index contributed by atoms with van der Waals surface area (Å²) in [5, 5.41) is 9.56. The lowest BCUT2D eigenvalue weighted by Crippen LogP contribution is -2.43. The van der Waals surface area contributed by atoms with Gasteiger partial charge in [-0.25, -0.2) is 0 Å². The largest absolute Gasteiger partial charge is 0.396 e. The minimum absolute atomic E-state index is 0.0556. The Bertz CT molecular complexity index is 181. The number of hydrogen-bond acceptors (Lipinski definition) is 4. The monoisotopic (exact) mass is 231 g/mol. The normalized spacial score (nSPS) is 20.2. The van der Waals surface area contributed by atoms with Gasteiger partial charge in [-0.3, -0.25) is 0 Å². The topological polar surface area (TPSA) is 41.9 Å². The number of methoxy groups -OCH3 is 1. The number of nitrogens with zero attached hydrogens (tertiary/aromatic N) is 1. The quantitative estimate of drug-likeness (QED) is 0.656. The van der Waals surface area contributed by atoms with Gasteiger partial charge in [-0.05, 0) is 26.3 Å². The third-order valence-electron chi connectivity index (χ3n) is 3.38. The van der Waals surface area contributed by atoms with Crippen LogP contribution >= 0.6 is 0 Å². The number of rotatable bonds is 7. The van der Waals surface area contributed by atoms with Crippen molar-refractivity contribution < 1.29 is 14.6 Å². The average molecular weight is 231 g/mol. The van der Waals surface area contributed by atoms with Crippen LogP contribution in [-0.4, -0.2) is 63.7 Å². The van der Waals surface area contributed by atoms with E-state index in [1.807, 2.05) is 0 Å². The number of aliphatic hydroxyl groups is 1. The zero-order chi connectivity index (χ0) is 11.9. The second-order valence-corrected chi connectivity index (χ2v) is 4.85. The van der Waals surface area contributed by atoms with Gasteiger partial charge in [-0.2, -0.15) is 0 Å². The first-order chi connectivity index (χ1) is 7.72. The standard InChI is InChI=1S/C12H25NO3/c1-13(6-3-7-15-2)10-12(11-14)4-8-16-9-5-12/h14H,3-11H2,1-2H3. The molecular weight excluding hydrogens is 206 g/mol. The van der Waals surface area contributed by atoms with Crippen LogP contribution in [0.5, 0.6) is 0 Å². The molecule has 0 spiro atoms. The van der Waals surface area contributed by atoms with Gasteiger partial charge in [0.05, 0.1) is 6.61 Å². The van der Waals surface area contributed by atoms with Gasteiger partial charge < -0.3 is 19.5 Å². The fourth-order valence-corrected chi connectivity index (χ4v) is 2.30. The van der Waals surface area contributed by atoms with E-state index in [2.05, 4.69) is 11.9 Å². The van der Waals surface area contributed by atoms with Gasteiger partial charge in [0, 0.05) is 45.4 Å². The van der Waals surface area contributed by atoms with Gasteiger partial charge in [0.15, 0.2) is 0 Å². The number of aliphatic hydroxyl groups excluding tert-OH is 1. The highest BCUT2D eigenvalue weighted by Crippen LogP contribution is 2.30. The molecule has 1 heterocycles. The first kappa shape index (κ1) is 13.9. The second kappa shape index (κ2) is 7.22. The molecule has 1 fully saturated rings. The maximum atomic E-state index is 9.56. The van der Waals surface area contributed by atoms with Crippen LogP contribution in [0.15, 0.2) is 0 Å². The molecule has 1 rings (SSSR count). The molecule has 0 radical (unpaired) electrons. The predicted octanol–water partition coefficient (Wildman–Crippen LogP) is 0.744. The highest BCUT2D eigenvalue weighted by Gasteiger charge is 2.32. The zero-order valence-electron chi connectivity index (χ0n) is 10.6. The van der Waals surface area contributed by atoms with Crippen LogP contribution in [0.2, 0.25) is 0 Å². The smallest absolute Gasteiger partial charge is 0.0501 e. The molecule has 0 aliphatic carbocycles.